The van der Waals surface area contributed by atoms with Crippen molar-refractivity contribution >= 4 is 5.91 Å². The summed E-state index contributed by atoms with van der Waals surface area (Å²) in [5.74, 6) is 2.17. The molecular weight excluding hydrogens is 252 g/mol. The number of hydrogen-bond acceptors (Lipinski definition) is 3. The third kappa shape index (κ3) is 3.82. The number of carbonyl (C=O) groups is 1. The maximum absolute atomic E-state index is 12.1. The van der Waals surface area contributed by atoms with Crippen LogP contribution in [0.5, 0.6) is 0 Å². The van der Waals surface area contributed by atoms with E-state index in [1.807, 2.05) is 6.20 Å². The number of rotatable bonds is 6. The Kier molecular flexibility index (Phi) is 4.35. The SMILES string of the molecule is O=C1CC[C@@H](NCCc2ncc[nH]2)CCN1CC1CC1. The topological polar surface area (TPSA) is 61.0 Å². The lowest BCUT2D eigenvalue weighted by Gasteiger charge is -2.20. The van der Waals surface area contributed by atoms with Crippen molar-refractivity contribution in [2.75, 3.05) is 19.6 Å². The molecule has 1 saturated carbocycles. The molecule has 5 heteroatoms. The normalized spacial score (nSPS) is 23.9. The number of hydrogen-bond donors (Lipinski definition) is 2. The predicted molar refractivity (Wildman–Crippen MR) is 77.2 cm³/mol. The average molecular weight is 276 g/mol. The Labute approximate surface area is 120 Å². The lowest BCUT2D eigenvalue weighted by Crippen LogP contribution is -2.34. The van der Waals surface area contributed by atoms with Crippen molar-refractivity contribution in [1.29, 1.82) is 0 Å². The number of likely N-dealkylation sites (tertiary alicyclic amines) is 1. The van der Waals surface area contributed by atoms with Gasteiger partial charge in [-0.3, -0.25) is 4.79 Å². The molecule has 2 fully saturated rings. The van der Waals surface area contributed by atoms with Crippen molar-refractivity contribution in [2.24, 2.45) is 5.92 Å². The van der Waals surface area contributed by atoms with Gasteiger partial charge in [0, 0.05) is 50.9 Å². The molecule has 0 bridgehead atoms. The third-order valence-corrected chi connectivity index (χ3v) is 4.33. The molecule has 1 aromatic rings. The largest absolute Gasteiger partial charge is 0.349 e. The van der Waals surface area contributed by atoms with E-state index in [-0.39, 0.29) is 0 Å². The van der Waals surface area contributed by atoms with Crippen molar-refractivity contribution in [3.05, 3.63) is 18.2 Å². The minimum atomic E-state index is 0.354. The van der Waals surface area contributed by atoms with Gasteiger partial charge in [-0.1, -0.05) is 0 Å². The summed E-state index contributed by atoms with van der Waals surface area (Å²) < 4.78 is 0. The molecule has 2 heterocycles. The number of nitrogens with one attached hydrogen (secondary N) is 2. The molecule has 1 atom stereocenters. The maximum atomic E-state index is 12.1. The maximum Gasteiger partial charge on any atom is 0.222 e. The quantitative estimate of drug-likeness (QED) is 0.824. The molecule has 1 aromatic heterocycles. The van der Waals surface area contributed by atoms with Crippen LogP contribution >= 0.6 is 0 Å². The molecule has 5 nitrogen and oxygen atoms in total. The van der Waals surface area contributed by atoms with E-state index in [1.165, 1.54) is 12.8 Å². The first-order valence-corrected chi connectivity index (χ1v) is 7.80. The van der Waals surface area contributed by atoms with E-state index in [9.17, 15) is 4.79 Å². The van der Waals surface area contributed by atoms with Crippen LogP contribution in [0.4, 0.5) is 0 Å². The van der Waals surface area contributed by atoms with Crippen molar-refractivity contribution in [3.8, 4) is 0 Å². The van der Waals surface area contributed by atoms with Crippen LogP contribution < -0.4 is 5.32 Å². The van der Waals surface area contributed by atoms with E-state index in [1.54, 1.807) is 6.20 Å². The first-order chi connectivity index (χ1) is 9.81. The zero-order valence-electron chi connectivity index (χ0n) is 12.0. The number of amides is 1. The number of imidazole rings is 1. The molecule has 0 unspecified atom stereocenters. The molecule has 2 aliphatic rings. The second-order valence-electron chi connectivity index (χ2n) is 6.05. The summed E-state index contributed by atoms with van der Waals surface area (Å²) in [7, 11) is 0. The minimum Gasteiger partial charge on any atom is -0.349 e. The highest BCUT2D eigenvalue weighted by molar-refractivity contribution is 5.76. The first kappa shape index (κ1) is 13.6. The fraction of sp³-hybridized carbons (Fsp3) is 0.733. The summed E-state index contributed by atoms with van der Waals surface area (Å²) in [4.78, 5) is 21.5. The average Bonchev–Trinajstić information content (AvgIpc) is 3.15. The van der Waals surface area contributed by atoms with E-state index in [4.69, 9.17) is 0 Å². The molecule has 3 rings (SSSR count). The summed E-state index contributed by atoms with van der Waals surface area (Å²) in [6.45, 7) is 2.85. The van der Waals surface area contributed by atoms with Gasteiger partial charge in [0.25, 0.3) is 0 Å². The lowest BCUT2D eigenvalue weighted by molar-refractivity contribution is -0.130. The number of aromatic nitrogens is 2. The summed E-state index contributed by atoms with van der Waals surface area (Å²) in [6, 6.07) is 0.470. The van der Waals surface area contributed by atoms with E-state index in [0.717, 1.165) is 50.6 Å². The molecule has 2 N–H and O–H groups in total. The van der Waals surface area contributed by atoms with Crippen molar-refractivity contribution in [1.82, 2.24) is 20.2 Å². The summed E-state index contributed by atoms with van der Waals surface area (Å²) in [6.07, 6.45) is 9.94. The van der Waals surface area contributed by atoms with E-state index >= 15 is 0 Å². The fourth-order valence-corrected chi connectivity index (χ4v) is 2.88. The Morgan fingerprint density at radius 3 is 3.00 bits per heavy atom. The first-order valence-electron chi connectivity index (χ1n) is 7.80. The number of nitrogens with zero attached hydrogens (tertiary/aromatic N) is 2. The zero-order chi connectivity index (χ0) is 13.8. The van der Waals surface area contributed by atoms with Crippen LogP contribution in [0.15, 0.2) is 12.4 Å². The van der Waals surface area contributed by atoms with Gasteiger partial charge in [0.2, 0.25) is 5.91 Å². The van der Waals surface area contributed by atoms with Gasteiger partial charge in [-0.05, 0) is 31.6 Å². The lowest BCUT2D eigenvalue weighted by atomic mass is 10.1. The van der Waals surface area contributed by atoms with Crippen molar-refractivity contribution in [3.63, 3.8) is 0 Å². The highest BCUT2D eigenvalue weighted by Gasteiger charge is 2.28. The molecule has 1 saturated heterocycles. The molecule has 0 radical (unpaired) electrons. The van der Waals surface area contributed by atoms with Gasteiger partial charge in [-0.25, -0.2) is 4.98 Å². The molecule has 1 aliphatic carbocycles. The zero-order valence-corrected chi connectivity index (χ0v) is 12.0. The highest BCUT2D eigenvalue weighted by Crippen LogP contribution is 2.30. The van der Waals surface area contributed by atoms with Gasteiger partial charge in [-0.15, -0.1) is 0 Å². The standard InChI is InChI=1S/C15H24N4O/c20-15-4-3-13(6-10-19(15)11-12-1-2-12)16-7-5-14-17-8-9-18-14/h8-9,12-13,16H,1-7,10-11H2,(H,17,18)/t13-/m1/s1. The number of carbonyl (C=O) groups excluding carboxylic acids is 1. The monoisotopic (exact) mass is 276 g/mol. The van der Waals surface area contributed by atoms with Gasteiger partial charge < -0.3 is 15.2 Å². The number of aromatic amines is 1. The third-order valence-electron chi connectivity index (χ3n) is 4.33. The molecule has 1 amide bonds. The minimum absolute atomic E-state index is 0.354. The van der Waals surface area contributed by atoms with Gasteiger partial charge in [0.1, 0.15) is 5.82 Å². The molecular formula is C15H24N4O. The summed E-state index contributed by atoms with van der Waals surface area (Å²) >= 11 is 0. The van der Waals surface area contributed by atoms with E-state index < -0.39 is 0 Å². The highest BCUT2D eigenvalue weighted by atomic mass is 16.2. The van der Waals surface area contributed by atoms with Gasteiger partial charge in [0.15, 0.2) is 0 Å². The molecule has 1 aliphatic heterocycles. The van der Waals surface area contributed by atoms with Crippen molar-refractivity contribution in [2.45, 2.75) is 44.6 Å². The van der Waals surface area contributed by atoms with Crippen LogP contribution in [-0.4, -0.2) is 46.5 Å². The summed E-state index contributed by atoms with van der Waals surface area (Å²) in [5.41, 5.74) is 0. The van der Waals surface area contributed by atoms with Crippen LogP contribution in [0.1, 0.15) is 37.9 Å². The Bertz CT molecular complexity index is 427. The molecule has 110 valence electrons. The van der Waals surface area contributed by atoms with Crippen LogP contribution in [0.25, 0.3) is 0 Å². The van der Waals surface area contributed by atoms with Crippen LogP contribution in [0.3, 0.4) is 0 Å². The van der Waals surface area contributed by atoms with Crippen LogP contribution in [-0.2, 0) is 11.2 Å². The van der Waals surface area contributed by atoms with Crippen molar-refractivity contribution < 1.29 is 4.79 Å². The fourth-order valence-electron chi connectivity index (χ4n) is 2.88. The smallest absolute Gasteiger partial charge is 0.222 e. The van der Waals surface area contributed by atoms with Gasteiger partial charge >= 0.3 is 0 Å². The van der Waals surface area contributed by atoms with Gasteiger partial charge in [-0.2, -0.15) is 0 Å². The predicted octanol–water partition coefficient (Wildman–Crippen LogP) is 1.33. The van der Waals surface area contributed by atoms with Crippen LogP contribution in [0, 0.1) is 5.92 Å². The Morgan fingerprint density at radius 2 is 2.25 bits per heavy atom. The molecule has 20 heavy (non-hydrogen) atoms. The van der Waals surface area contributed by atoms with E-state index in [0.29, 0.717) is 18.4 Å². The second kappa shape index (κ2) is 6.39. The second-order valence-corrected chi connectivity index (χ2v) is 6.05. The molecule has 0 spiro atoms. The Morgan fingerprint density at radius 1 is 1.35 bits per heavy atom. The van der Waals surface area contributed by atoms with E-state index in [2.05, 4.69) is 20.2 Å². The van der Waals surface area contributed by atoms with Gasteiger partial charge in [0.05, 0.1) is 0 Å². The number of H-pyrrole nitrogens is 1. The Hall–Kier alpha value is -1.36. The summed E-state index contributed by atoms with van der Waals surface area (Å²) in [5, 5.41) is 3.57. The Balaban J connectivity index is 1.40. The molecule has 0 aromatic carbocycles. The van der Waals surface area contributed by atoms with Crippen LogP contribution in [0.2, 0.25) is 0 Å².